The van der Waals surface area contributed by atoms with Gasteiger partial charge in [0.1, 0.15) is 0 Å². The van der Waals surface area contributed by atoms with E-state index in [1.807, 2.05) is 7.05 Å². The fourth-order valence-corrected chi connectivity index (χ4v) is 1.71. The first-order chi connectivity index (χ1) is 6.66. The number of rotatable bonds is 3. The molecule has 1 aliphatic rings. The molecule has 1 fully saturated rings. The molecule has 2 atom stereocenters. The molecule has 1 heterocycles. The largest absolute Gasteiger partial charge is 0.391 e. The van der Waals surface area contributed by atoms with Crippen LogP contribution in [0.5, 0.6) is 0 Å². The SMILES string of the molecule is Cc1noc(CN(C)C2CCC2O)n1. The third kappa shape index (κ3) is 1.78. The average molecular weight is 197 g/mol. The van der Waals surface area contributed by atoms with E-state index in [1.54, 1.807) is 6.92 Å². The molecular formula is C9H15N3O2. The highest BCUT2D eigenvalue weighted by Gasteiger charge is 2.32. The molecule has 0 aromatic carbocycles. The monoisotopic (exact) mass is 197 g/mol. The summed E-state index contributed by atoms with van der Waals surface area (Å²) in [4.78, 5) is 6.17. The van der Waals surface area contributed by atoms with E-state index in [-0.39, 0.29) is 12.1 Å². The van der Waals surface area contributed by atoms with Gasteiger partial charge in [-0.25, -0.2) is 0 Å². The molecule has 78 valence electrons. The molecule has 0 saturated heterocycles. The molecule has 1 aromatic rings. The van der Waals surface area contributed by atoms with Gasteiger partial charge in [-0.05, 0) is 26.8 Å². The quantitative estimate of drug-likeness (QED) is 0.756. The van der Waals surface area contributed by atoms with Crippen LogP contribution in [0, 0.1) is 6.92 Å². The van der Waals surface area contributed by atoms with Crippen LogP contribution in [0.3, 0.4) is 0 Å². The van der Waals surface area contributed by atoms with Crippen molar-refractivity contribution in [3.8, 4) is 0 Å². The molecule has 0 aliphatic heterocycles. The summed E-state index contributed by atoms with van der Waals surface area (Å²) in [7, 11) is 1.96. The van der Waals surface area contributed by atoms with Crippen molar-refractivity contribution in [2.24, 2.45) is 0 Å². The van der Waals surface area contributed by atoms with Crippen LogP contribution in [-0.4, -0.2) is 39.3 Å². The lowest BCUT2D eigenvalue weighted by atomic mass is 9.88. The number of likely N-dealkylation sites (N-methyl/N-ethyl adjacent to an activating group) is 1. The number of aliphatic hydroxyl groups excluding tert-OH is 1. The zero-order valence-corrected chi connectivity index (χ0v) is 8.47. The Morgan fingerprint density at radius 1 is 1.57 bits per heavy atom. The molecule has 0 spiro atoms. The third-order valence-corrected chi connectivity index (χ3v) is 2.72. The highest BCUT2D eigenvalue weighted by atomic mass is 16.5. The highest BCUT2D eigenvalue weighted by Crippen LogP contribution is 2.25. The topological polar surface area (TPSA) is 62.4 Å². The summed E-state index contributed by atoms with van der Waals surface area (Å²) in [6.45, 7) is 2.41. The van der Waals surface area contributed by atoms with Crippen LogP contribution in [0.1, 0.15) is 24.6 Å². The number of hydrogen-bond donors (Lipinski definition) is 1. The van der Waals surface area contributed by atoms with Crippen molar-refractivity contribution in [3.63, 3.8) is 0 Å². The Bertz CT molecular complexity index is 313. The van der Waals surface area contributed by atoms with Crippen LogP contribution in [0.4, 0.5) is 0 Å². The number of nitrogens with zero attached hydrogens (tertiary/aromatic N) is 3. The van der Waals surface area contributed by atoms with Crippen molar-refractivity contribution in [2.75, 3.05) is 7.05 Å². The molecule has 1 N–H and O–H groups in total. The maximum Gasteiger partial charge on any atom is 0.240 e. The molecule has 1 aliphatic carbocycles. The molecule has 0 amide bonds. The smallest absolute Gasteiger partial charge is 0.240 e. The van der Waals surface area contributed by atoms with Gasteiger partial charge in [0.15, 0.2) is 5.82 Å². The summed E-state index contributed by atoms with van der Waals surface area (Å²) < 4.78 is 5.00. The van der Waals surface area contributed by atoms with Crippen LogP contribution >= 0.6 is 0 Å². The highest BCUT2D eigenvalue weighted by molar-refractivity contribution is 4.90. The molecule has 2 rings (SSSR count). The van der Waals surface area contributed by atoms with Crippen molar-refractivity contribution < 1.29 is 9.63 Å². The van der Waals surface area contributed by atoms with Crippen molar-refractivity contribution >= 4 is 0 Å². The molecule has 1 aromatic heterocycles. The molecular weight excluding hydrogens is 182 g/mol. The predicted molar refractivity (Wildman–Crippen MR) is 49.5 cm³/mol. The number of aromatic nitrogens is 2. The van der Waals surface area contributed by atoms with Crippen LogP contribution in [0.15, 0.2) is 4.52 Å². The molecule has 5 heteroatoms. The molecule has 0 radical (unpaired) electrons. The third-order valence-electron chi connectivity index (χ3n) is 2.72. The van der Waals surface area contributed by atoms with Crippen LogP contribution in [0.2, 0.25) is 0 Å². The molecule has 5 nitrogen and oxygen atoms in total. The normalized spacial score (nSPS) is 26.6. The number of aryl methyl sites for hydroxylation is 1. The molecule has 1 saturated carbocycles. The second-order valence-corrected chi connectivity index (χ2v) is 3.86. The summed E-state index contributed by atoms with van der Waals surface area (Å²) in [5.74, 6) is 1.27. The summed E-state index contributed by atoms with van der Waals surface area (Å²) in [6, 6.07) is 0.252. The number of hydrogen-bond acceptors (Lipinski definition) is 5. The summed E-state index contributed by atoms with van der Waals surface area (Å²) in [6.07, 6.45) is 1.76. The van der Waals surface area contributed by atoms with E-state index in [1.165, 1.54) is 0 Å². The van der Waals surface area contributed by atoms with E-state index in [2.05, 4.69) is 15.0 Å². The van der Waals surface area contributed by atoms with Gasteiger partial charge in [0.05, 0.1) is 12.6 Å². The van der Waals surface area contributed by atoms with E-state index >= 15 is 0 Å². The Morgan fingerprint density at radius 3 is 2.79 bits per heavy atom. The van der Waals surface area contributed by atoms with Gasteiger partial charge < -0.3 is 9.63 Å². The Balaban J connectivity index is 1.91. The zero-order valence-electron chi connectivity index (χ0n) is 8.47. The van der Waals surface area contributed by atoms with Gasteiger partial charge in [-0.2, -0.15) is 4.98 Å². The average Bonchev–Trinajstić information content (AvgIpc) is 2.48. The first-order valence-electron chi connectivity index (χ1n) is 4.84. The second kappa shape index (κ2) is 3.67. The fraction of sp³-hybridized carbons (Fsp3) is 0.778. The van der Waals surface area contributed by atoms with Crippen molar-refractivity contribution in [1.29, 1.82) is 0 Å². The van der Waals surface area contributed by atoms with Gasteiger partial charge in [0.25, 0.3) is 0 Å². The fourth-order valence-electron chi connectivity index (χ4n) is 1.71. The van der Waals surface area contributed by atoms with E-state index in [0.717, 1.165) is 12.8 Å². The maximum absolute atomic E-state index is 9.45. The van der Waals surface area contributed by atoms with Crippen molar-refractivity contribution in [3.05, 3.63) is 11.7 Å². The van der Waals surface area contributed by atoms with Crippen LogP contribution < -0.4 is 0 Å². The van der Waals surface area contributed by atoms with Gasteiger partial charge in [0.2, 0.25) is 5.89 Å². The van der Waals surface area contributed by atoms with Crippen molar-refractivity contribution in [2.45, 2.75) is 38.5 Å². The van der Waals surface area contributed by atoms with E-state index in [0.29, 0.717) is 18.3 Å². The van der Waals surface area contributed by atoms with Crippen molar-refractivity contribution in [1.82, 2.24) is 15.0 Å². The Labute approximate surface area is 82.7 Å². The summed E-state index contributed by atoms with van der Waals surface area (Å²) in [5.41, 5.74) is 0. The van der Waals surface area contributed by atoms with Crippen LogP contribution in [-0.2, 0) is 6.54 Å². The lowest BCUT2D eigenvalue weighted by molar-refractivity contribution is -0.0162. The minimum absolute atomic E-state index is 0.191. The Hall–Kier alpha value is -0.940. The second-order valence-electron chi connectivity index (χ2n) is 3.86. The summed E-state index contributed by atoms with van der Waals surface area (Å²) >= 11 is 0. The molecule has 0 bridgehead atoms. The lowest BCUT2D eigenvalue weighted by Gasteiger charge is -2.38. The maximum atomic E-state index is 9.45. The standard InChI is InChI=1S/C9H15N3O2/c1-6-10-9(14-11-6)5-12(2)7-3-4-8(7)13/h7-8,13H,3-5H2,1-2H3. The lowest BCUT2D eigenvalue weighted by Crippen LogP contribution is -2.48. The predicted octanol–water partition coefficient (Wildman–Crippen LogP) is 0.333. The van der Waals surface area contributed by atoms with Gasteiger partial charge in [-0.15, -0.1) is 0 Å². The molecule has 2 unspecified atom stereocenters. The first-order valence-corrected chi connectivity index (χ1v) is 4.84. The Kier molecular flexibility index (Phi) is 2.52. The van der Waals surface area contributed by atoms with Gasteiger partial charge >= 0.3 is 0 Å². The van der Waals surface area contributed by atoms with Gasteiger partial charge in [-0.3, -0.25) is 4.90 Å². The minimum atomic E-state index is -0.191. The van der Waals surface area contributed by atoms with Gasteiger partial charge in [0, 0.05) is 6.04 Å². The zero-order chi connectivity index (χ0) is 10.1. The first kappa shape index (κ1) is 9.61. The number of aliphatic hydroxyl groups is 1. The van der Waals surface area contributed by atoms with E-state index < -0.39 is 0 Å². The summed E-state index contributed by atoms with van der Waals surface area (Å²) in [5, 5.41) is 13.2. The minimum Gasteiger partial charge on any atom is -0.391 e. The van der Waals surface area contributed by atoms with Gasteiger partial charge in [-0.1, -0.05) is 5.16 Å². The van der Waals surface area contributed by atoms with E-state index in [9.17, 15) is 5.11 Å². The van der Waals surface area contributed by atoms with Crippen LogP contribution in [0.25, 0.3) is 0 Å². The Morgan fingerprint density at radius 2 is 2.36 bits per heavy atom. The molecule has 14 heavy (non-hydrogen) atoms. The van der Waals surface area contributed by atoms with E-state index in [4.69, 9.17) is 4.52 Å².